The number of aliphatic hydroxyl groups excluding tert-OH is 1. The Morgan fingerprint density at radius 2 is 2.11 bits per heavy atom. The summed E-state index contributed by atoms with van der Waals surface area (Å²) in [5.74, 6) is -0.256. The minimum atomic E-state index is -0.256. The third-order valence-corrected chi connectivity index (χ3v) is 2.68. The van der Waals surface area contributed by atoms with Gasteiger partial charge in [0.05, 0.1) is 19.8 Å². The number of nitrogens with zero attached hydrogens (tertiary/aromatic N) is 1. The lowest BCUT2D eigenvalue weighted by Gasteiger charge is -2.18. The van der Waals surface area contributed by atoms with Gasteiger partial charge < -0.3 is 15.6 Å². The Labute approximate surface area is 107 Å². The molecule has 1 rings (SSSR count). The predicted molar refractivity (Wildman–Crippen MR) is 68.5 cm³/mol. The third kappa shape index (κ3) is 5.10. The van der Waals surface area contributed by atoms with E-state index in [4.69, 9.17) is 15.6 Å². The molecule has 1 aromatic carbocycles. The largest absolute Gasteiger partial charge is 0.394 e. The van der Waals surface area contributed by atoms with E-state index in [9.17, 15) is 4.39 Å². The summed E-state index contributed by atoms with van der Waals surface area (Å²) in [7, 11) is 1.96. The fraction of sp³-hybridized carbons (Fsp3) is 0.538. The molecule has 0 saturated carbocycles. The molecule has 0 heterocycles. The SMILES string of the molecule is CN(CCOCCO)Cc1ccc(F)cc1CN. The van der Waals surface area contributed by atoms with Gasteiger partial charge in [-0.15, -0.1) is 0 Å². The van der Waals surface area contributed by atoms with Crippen molar-refractivity contribution in [1.29, 1.82) is 0 Å². The minimum absolute atomic E-state index is 0.0407. The van der Waals surface area contributed by atoms with E-state index in [0.29, 0.717) is 26.3 Å². The Bertz CT molecular complexity index is 361. The van der Waals surface area contributed by atoms with Crippen molar-refractivity contribution in [3.05, 3.63) is 35.1 Å². The summed E-state index contributed by atoms with van der Waals surface area (Å²) in [4.78, 5) is 2.07. The number of nitrogens with two attached hydrogens (primary N) is 1. The van der Waals surface area contributed by atoms with Crippen LogP contribution < -0.4 is 5.73 Å². The maximum Gasteiger partial charge on any atom is 0.123 e. The summed E-state index contributed by atoms with van der Waals surface area (Å²) < 4.78 is 18.2. The second-order valence-corrected chi connectivity index (χ2v) is 4.19. The quantitative estimate of drug-likeness (QED) is 0.673. The molecule has 5 heteroatoms. The van der Waals surface area contributed by atoms with Gasteiger partial charge in [-0.25, -0.2) is 4.39 Å². The van der Waals surface area contributed by atoms with Gasteiger partial charge in [0, 0.05) is 19.6 Å². The Balaban J connectivity index is 2.45. The maximum absolute atomic E-state index is 13.0. The molecule has 0 atom stereocenters. The Morgan fingerprint density at radius 1 is 1.33 bits per heavy atom. The van der Waals surface area contributed by atoms with Gasteiger partial charge in [-0.05, 0) is 30.3 Å². The molecule has 0 aliphatic rings. The molecule has 0 saturated heterocycles. The van der Waals surface area contributed by atoms with Gasteiger partial charge in [0.15, 0.2) is 0 Å². The van der Waals surface area contributed by atoms with E-state index in [0.717, 1.165) is 17.7 Å². The maximum atomic E-state index is 13.0. The molecule has 0 fully saturated rings. The first-order valence-electron chi connectivity index (χ1n) is 6.02. The fourth-order valence-corrected chi connectivity index (χ4v) is 1.70. The van der Waals surface area contributed by atoms with Gasteiger partial charge >= 0.3 is 0 Å². The number of ether oxygens (including phenoxy) is 1. The van der Waals surface area contributed by atoms with E-state index in [-0.39, 0.29) is 12.4 Å². The summed E-state index contributed by atoms with van der Waals surface area (Å²) in [6.45, 7) is 2.76. The predicted octanol–water partition coefficient (Wildman–Crippen LogP) is 0.725. The van der Waals surface area contributed by atoms with Crippen molar-refractivity contribution in [2.75, 3.05) is 33.4 Å². The second kappa shape index (κ2) is 8.16. The van der Waals surface area contributed by atoms with Gasteiger partial charge in [0.1, 0.15) is 5.82 Å². The van der Waals surface area contributed by atoms with Crippen LogP contribution in [0.15, 0.2) is 18.2 Å². The molecule has 0 radical (unpaired) electrons. The van der Waals surface area contributed by atoms with Gasteiger partial charge in [0.2, 0.25) is 0 Å². The fourth-order valence-electron chi connectivity index (χ4n) is 1.70. The topological polar surface area (TPSA) is 58.7 Å². The van der Waals surface area contributed by atoms with Crippen LogP contribution in [-0.4, -0.2) is 43.4 Å². The summed E-state index contributed by atoms with van der Waals surface area (Å²) in [6, 6.07) is 4.69. The van der Waals surface area contributed by atoms with Gasteiger partial charge in [0.25, 0.3) is 0 Å². The molecule has 0 bridgehead atoms. The first kappa shape index (κ1) is 15.0. The van der Waals surface area contributed by atoms with Crippen LogP contribution in [0.25, 0.3) is 0 Å². The summed E-state index contributed by atoms with van der Waals surface area (Å²) >= 11 is 0. The number of likely N-dealkylation sites (N-methyl/N-ethyl adjacent to an activating group) is 1. The van der Waals surface area contributed by atoms with Crippen LogP contribution in [0, 0.1) is 5.82 Å². The van der Waals surface area contributed by atoms with E-state index in [1.54, 1.807) is 6.07 Å². The molecule has 0 aromatic heterocycles. The number of benzene rings is 1. The third-order valence-electron chi connectivity index (χ3n) is 2.68. The zero-order valence-corrected chi connectivity index (χ0v) is 10.7. The van der Waals surface area contributed by atoms with Crippen LogP contribution in [0.2, 0.25) is 0 Å². The van der Waals surface area contributed by atoms with Gasteiger partial charge in [-0.3, -0.25) is 4.90 Å². The lowest BCUT2D eigenvalue weighted by molar-refractivity contribution is 0.0772. The molecule has 4 nitrogen and oxygen atoms in total. The van der Waals surface area contributed by atoms with Crippen LogP contribution in [-0.2, 0) is 17.8 Å². The van der Waals surface area contributed by atoms with E-state index >= 15 is 0 Å². The molecule has 1 aromatic rings. The summed E-state index contributed by atoms with van der Waals surface area (Å²) in [5, 5.41) is 8.57. The molecule has 0 aliphatic heterocycles. The van der Waals surface area contributed by atoms with E-state index in [1.165, 1.54) is 12.1 Å². The van der Waals surface area contributed by atoms with E-state index in [1.807, 2.05) is 7.05 Å². The van der Waals surface area contributed by atoms with Gasteiger partial charge in [-0.2, -0.15) is 0 Å². The first-order valence-corrected chi connectivity index (χ1v) is 6.02. The molecule has 0 spiro atoms. The van der Waals surface area contributed by atoms with Crippen LogP contribution in [0.5, 0.6) is 0 Å². The zero-order valence-electron chi connectivity index (χ0n) is 10.7. The average molecular weight is 256 g/mol. The highest BCUT2D eigenvalue weighted by Crippen LogP contribution is 2.12. The average Bonchev–Trinajstić information content (AvgIpc) is 2.37. The smallest absolute Gasteiger partial charge is 0.123 e. The molecule has 102 valence electrons. The van der Waals surface area contributed by atoms with Crippen molar-refractivity contribution in [2.45, 2.75) is 13.1 Å². The normalized spacial score (nSPS) is 11.2. The van der Waals surface area contributed by atoms with Crippen molar-refractivity contribution >= 4 is 0 Å². The molecule has 0 aliphatic carbocycles. The zero-order chi connectivity index (χ0) is 13.4. The standard InChI is InChI=1S/C13H21FN2O2/c1-16(4-6-18-7-5-17)10-11-2-3-13(14)8-12(11)9-15/h2-3,8,17H,4-7,9-10,15H2,1H3. The molecular formula is C13H21FN2O2. The monoisotopic (exact) mass is 256 g/mol. The van der Waals surface area contributed by atoms with E-state index < -0.39 is 0 Å². The highest BCUT2D eigenvalue weighted by molar-refractivity contribution is 5.27. The van der Waals surface area contributed by atoms with E-state index in [2.05, 4.69) is 4.90 Å². The molecule has 0 unspecified atom stereocenters. The number of hydrogen-bond acceptors (Lipinski definition) is 4. The van der Waals surface area contributed by atoms with Crippen LogP contribution in [0.4, 0.5) is 4.39 Å². The van der Waals surface area contributed by atoms with Crippen molar-refractivity contribution in [2.24, 2.45) is 5.73 Å². The van der Waals surface area contributed by atoms with Crippen molar-refractivity contribution in [1.82, 2.24) is 4.90 Å². The highest BCUT2D eigenvalue weighted by Gasteiger charge is 2.06. The number of halogens is 1. The number of aliphatic hydroxyl groups is 1. The van der Waals surface area contributed by atoms with Crippen LogP contribution in [0.1, 0.15) is 11.1 Å². The van der Waals surface area contributed by atoms with Crippen molar-refractivity contribution in [3.8, 4) is 0 Å². The Hall–Kier alpha value is -1.01. The molecule has 0 amide bonds. The number of hydrogen-bond donors (Lipinski definition) is 2. The molecule has 18 heavy (non-hydrogen) atoms. The van der Waals surface area contributed by atoms with Gasteiger partial charge in [-0.1, -0.05) is 6.07 Å². The lowest BCUT2D eigenvalue weighted by atomic mass is 10.1. The highest BCUT2D eigenvalue weighted by atomic mass is 19.1. The van der Waals surface area contributed by atoms with Crippen molar-refractivity contribution < 1.29 is 14.2 Å². The van der Waals surface area contributed by atoms with Crippen LogP contribution in [0.3, 0.4) is 0 Å². The number of rotatable bonds is 8. The molecular weight excluding hydrogens is 235 g/mol. The summed E-state index contributed by atoms with van der Waals surface area (Å²) in [6.07, 6.45) is 0. The minimum Gasteiger partial charge on any atom is -0.394 e. The Morgan fingerprint density at radius 3 is 2.78 bits per heavy atom. The second-order valence-electron chi connectivity index (χ2n) is 4.19. The summed E-state index contributed by atoms with van der Waals surface area (Å²) in [5.41, 5.74) is 7.46. The molecule has 3 N–H and O–H groups in total. The lowest BCUT2D eigenvalue weighted by Crippen LogP contribution is -2.24. The Kier molecular flexibility index (Phi) is 6.82. The first-order chi connectivity index (χ1) is 8.67. The van der Waals surface area contributed by atoms with Crippen LogP contribution >= 0.6 is 0 Å². The van der Waals surface area contributed by atoms with Crippen molar-refractivity contribution in [3.63, 3.8) is 0 Å².